The number of thiol groups is 1. The average Bonchev–Trinajstić information content (AvgIpc) is 1.81. The molecular formula is C91H98IKN2O21PdS7. The molecule has 658 valence electrons. The van der Waals surface area contributed by atoms with Crippen LogP contribution in [0.25, 0.3) is 0 Å². The number of hydrogen-bond acceptors (Lipinski definition) is 23. The number of aromatic hydroxyl groups is 3. The van der Waals surface area contributed by atoms with Crippen LogP contribution in [0, 0.1) is 31.3 Å². The molecule has 33 heteroatoms. The molecule has 3 aliphatic heterocycles. The maximum atomic E-state index is 12.1. The molecule has 12 aromatic rings. The zero-order valence-corrected chi connectivity index (χ0v) is 81.7. The van der Waals surface area contributed by atoms with Crippen LogP contribution < -0.4 is 75.1 Å². The summed E-state index contributed by atoms with van der Waals surface area (Å²) in [6.45, 7) is 9.21. The first-order valence-electron chi connectivity index (χ1n) is 36.9. The summed E-state index contributed by atoms with van der Waals surface area (Å²) < 4.78 is 112. The zero-order valence-electron chi connectivity index (χ0n) is 69.1. The molecule has 15 rings (SSSR count). The van der Waals surface area contributed by atoms with Crippen LogP contribution in [0.1, 0.15) is 23.7 Å². The van der Waals surface area contributed by atoms with Crippen LogP contribution in [-0.4, -0.2) is 159 Å². The van der Waals surface area contributed by atoms with Crippen molar-refractivity contribution in [2.75, 3.05) is 64.4 Å². The van der Waals surface area contributed by atoms with Gasteiger partial charge in [-0.25, -0.2) is 25.3 Å². The number of thioether (sulfide) groups is 3. The van der Waals surface area contributed by atoms with Crippen LogP contribution >= 0.6 is 70.5 Å². The molecule has 3 fully saturated rings. The molecule has 0 saturated carbocycles. The third-order valence-corrected chi connectivity index (χ3v) is 26.1. The van der Waals surface area contributed by atoms with Gasteiger partial charge in [0.1, 0.15) is 74.7 Å². The van der Waals surface area contributed by atoms with E-state index < -0.39 is 29.5 Å². The molecule has 3 saturated heterocycles. The Morgan fingerprint density at radius 2 is 0.677 bits per heavy atom. The monoisotopic (exact) mass is 2050 g/mol. The van der Waals surface area contributed by atoms with Crippen LogP contribution in [0.2, 0.25) is 0 Å². The van der Waals surface area contributed by atoms with Gasteiger partial charge in [-0.1, -0.05) is 66.2 Å². The predicted octanol–water partition coefficient (Wildman–Crippen LogP) is 17.2. The van der Waals surface area contributed by atoms with Crippen molar-refractivity contribution in [1.29, 1.82) is 0 Å². The van der Waals surface area contributed by atoms with Gasteiger partial charge in [-0.3, -0.25) is 9.59 Å². The number of aryl methyl sites for hydroxylation is 4. The Kier molecular flexibility index (Phi) is 46.9. The van der Waals surface area contributed by atoms with Crippen LogP contribution in [0.3, 0.4) is 0 Å². The number of halogens is 1. The second kappa shape index (κ2) is 53.6. The van der Waals surface area contributed by atoms with Crippen LogP contribution in [0.5, 0.6) is 74.7 Å². The molecule has 3 aliphatic rings. The molecule has 23 nitrogen and oxygen atoms in total. The van der Waals surface area contributed by atoms with E-state index in [2.05, 4.69) is 66.4 Å². The molecule has 0 radical (unpaired) electrons. The minimum atomic E-state index is -3.31. The Hall–Kier alpha value is -7.94. The maximum Gasteiger partial charge on any atom is 1.00 e. The number of benzene rings is 12. The van der Waals surface area contributed by atoms with Gasteiger partial charge in [0, 0.05) is 91.4 Å². The van der Waals surface area contributed by atoms with E-state index in [0.29, 0.717) is 51.8 Å². The minimum Gasteiger partial charge on any atom is -0.870 e. The second-order valence-electron chi connectivity index (χ2n) is 27.4. The number of carbonyl (C=O) groups is 2. The Balaban J connectivity index is 0.000000379. The minimum absolute atomic E-state index is 0. The molecule has 3 unspecified atom stereocenters. The molecule has 3 atom stereocenters. The van der Waals surface area contributed by atoms with E-state index in [-0.39, 0.29) is 157 Å². The van der Waals surface area contributed by atoms with E-state index in [9.17, 15) is 45.1 Å². The summed E-state index contributed by atoms with van der Waals surface area (Å²) in [6, 6.07) is 85.5. The number of phenolic OH excluding ortho intramolecular Hbond substituents is 3. The molecule has 0 bridgehead atoms. The topological polar surface area (TPSA) is 368 Å². The van der Waals surface area contributed by atoms with Crippen molar-refractivity contribution < 1.29 is 173 Å². The SMILES string of the molecule is CN(C)C(=O)Sc1ccc(O)cc1.Cc1cccc(I)c1.Cc1cccc(Oc2ccc(S(=O)(=O)CC3CO3)cc2)c1.Cc1cccc(Oc2ccc(S)cc2)c1.Cc1cccc(Oc2ccc(SC(=O)N(C)C)cc2)c1.O.O.O=S(=O)(CC1CO1)c1ccc(Oc2cccc(O)c2)cc1.O=S(=O)(CC1CS1)c1ccc(Oc2cccc(O)c2)cc1.[HH].[K+].[OH-].[Pd]. The molecule has 2 amide bonds. The number of amides is 2. The largest absolute Gasteiger partial charge is 1.00 e. The molecular weight excluding hydrogens is 1950 g/mol. The van der Waals surface area contributed by atoms with Crippen molar-refractivity contribution in [2.45, 2.75) is 74.5 Å². The average molecular weight is 2050 g/mol. The molecule has 8 N–H and O–H groups in total. The normalized spacial score (nSPS) is 13.3. The Morgan fingerprint density at radius 3 is 0.944 bits per heavy atom. The van der Waals surface area contributed by atoms with Gasteiger partial charge in [-0.2, -0.15) is 11.8 Å². The Morgan fingerprint density at radius 1 is 0.411 bits per heavy atom. The van der Waals surface area contributed by atoms with Gasteiger partial charge in [0.25, 0.3) is 10.5 Å². The first-order valence-corrected chi connectivity index (χ1v) is 46.1. The van der Waals surface area contributed by atoms with Gasteiger partial charge in [-0.15, -0.1) is 12.6 Å². The van der Waals surface area contributed by atoms with Crippen molar-refractivity contribution in [3.05, 3.63) is 317 Å². The van der Waals surface area contributed by atoms with E-state index in [0.717, 1.165) is 72.1 Å². The van der Waals surface area contributed by atoms with Crippen molar-refractivity contribution in [3.63, 3.8) is 0 Å². The number of hydrogen-bond donors (Lipinski definition) is 4. The summed E-state index contributed by atoms with van der Waals surface area (Å²) in [6.07, 6.45) is -0.309. The summed E-state index contributed by atoms with van der Waals surface area (Å²) >= 11 is 10.5. The smallest absolute Gasteiger partial charge is 0.870 e. The quantitative estimate of drug-likeness (QED) is 0.0171. The summed E-state index contributed by atoms with van der Waals surface area (Å²) in [4.78, 5) is 29.4. The summed E-state index contributed by atoms with van der Waals surface area (Å²) in [5.74, 6) is 8.25. The van der Waals surface area contributed by atoms with Gasteiger partial charge in [0.2, 0.25) is 0 Å². The van der Waals surface area contributed by atoms with E-state index in [4.69, 9.17) is 38.3 Å². The van der Waals surface area contributed by atoms with E-state index in [1.165, 1.54) is 55.6 Å². The van der Waals surface area contributed by atoms with Crippen molar-refractivity contribution in [3.8, 4) is 74.7 Å². The number of phenols is 3. The van der Waals surface area contributed by atoms with Crippen molar-refractivity contribution in [1.82, 2.24) is 9.80 Å². The van der Waals surface area contributed by atoms with Gasteiger partial charge in [0.15, 0.2) is 29.5 Å². The first kappa shape index (κ1) is 108. The summed E-state index contributed by atoms with van der Waals surface area (Å²) in [5, 5.41) is 28.0. The molecule has 0 spiro atoms. The number of nitrogens with zero attached hydrogens (tertiary/aromatic N) is 2. The van der Waals surface area contributed by atoms with Crippen molar-refractivity contribution >= 4 is 110 Å². The van der Waals surface area contributed by atoms with Crippen LogP contribution in [0.4, 0.5) is 9.59 Å². The standard InChI is InChI=1S/C16H17NO2S.C16H16O4S.C15H14O5S.C15H14O4S2.C13H12OS.C9H11NO2S.C7H7I.K.3H2O.Pd.H2/c1-12-5-4-6-14(11-12)19-13-7-9-15(10-8-13)20-16(18)17(2)3;1-12-3-2-4-14(9-12)20-13-5-7-16(8-6-13)21(17,18)11-15-10-19-15;16-11-2-1-3-13(8-11)20-12-4-6-15(7-5-12)21(17,18)10-14-9-19-14;16-11-2-1-3-13(8-11)19-12-4-6-15(7-5-12)21(17,18)10-14-9-20-14;1-10-3-2-4-12(9-10)14-11-5-7-13(15)8-6-11;1-10(2)9(12)13-8-5-3-7(11)4-6-8;1-6-3-2-4-7(8)5-6;;;;;;/h4-11H,1-3H3;2-9,15H,10-11H2,1H3;2*1-8,14,16H,9-10H2;2-9,15H,1H3;3-6,11H,1-2H3;2-5H,1H3;;3*1H2;;1H/q;;;;;;;+1;;;;;/p-1. The van der Waals surface area contributed by atoms with Crippen LogP contribution in [0.15, 0.2) is 321 Å². The summed E-state index contributed by atoms with van der Waals surface area (Å²) in [5.41, 5.74) is 4.79. The molecule has 0 aromatic heterocycles. The predicted molar refractivity (Wildman–Crippen MR) is 495 cm³/mol. The van der Waals surface area contributed by atoms with E-state index in [1.54, 1.807) is 166 Å². The molecule has 12 aromatic carbocycles. The van der Waals surface area contributed by atoms with Gasteiger partial charge < -0.3 is 74.7 Å². The molecule has 124 heavy (non-hydrogen) atoms. The number of carbonyl (C=O) groups excluding carboxylic acids is 2. The fourth-order valence-electron chi connectivity index (χ4n) is 10.1. The fraction of sp³-hybridized carbons (Fsp3) is 0.187. The zero-order chi connectivity index (χ0) is 85.7. The Bertz CT molecular complexity index is 5330. The third-order valence-electron chi connectivity index (χ3n) is 16.4. The van der Waals surface area contributed by atoms with Gasteiger partial charge in [-0.05, 0) is 309 Å². The number of rotatable bonds is 21. The number of ether oxygens (including phenoxy) is 7. The maximum absolute atomic E-state index is 12.1. The van der Waals surface area contributed by atoms with E-state index in [1.807, 2.05) is 142 Å². The Labute approximate surface area is 814 Å². The molecule has 0 aliphatic carbocycles. The summed E-state index contributed by atoms with van der Waals surface area (Å²) in [7, 11) is -2.91. The van der Waals surface area contributed by atoms with Crippen molar-refractivity contribution in [2.24, 2.45) is 0 Å². The second-order valence-corrected chi connectivity index (χ2v) is 38.6. The number of epoxide rings is 2. The third kappa shape index (κ3) is 40.4. The molecule has 3 heterocycles. The van der Waals surface area contributed by atoms with Gasteiger partial charge >= 0.3 is 51.4 Å². The fourth-order valence-corrected chi connectivity index (χ4v) is 17.8. The first-order chi connectivity index (χ1) is 56.7. The van der Waals surface area contributed by atoms with Gasteiger partial charge in [0.05, 0.1) is 57.4 Å². The number of sulfone groups is 3. The van der Waals surface area contributed by atoms with Crippen LogP contribution in [-0.2, 0) is 59.4 Å². The van der Waals surface area contributed by atoms with E-state index >= 15 is 0 Å².